The van der Waals surface area contributed by atoms with Crippen molar-refractivity contribution < 1.29 is 9.13 Å². The maximum Gasteiger partial charge on any atom is 0.205 e. The van der Waals surface area contributed by atoms with Crippen LogP contribution in [0.25, 0.3) is 16.7 Å². The number of fused-ring (bicyclic) bond motifs is 1. The summed E-state index contributed by atoms with van der Waals surface area (Å²) in [6.45, 7) is 1.95. The van der Waals surface area contributed by atoms with Crippen LogP contribution in [0.4, 0.5) is 10.3 Å². The molecule has 0 unspecified atom stereocenters. The van der Waals surface area contributed by atoms with Crippen molar-refractivity contribution in [3.8, 4) is 11.4 Å². The van der Waals surface area contributed by atoms with Gasteiger partial charge in [-0.1, -0.05) is 17.7 Å². The number of nitrogen functional groups attached to an aromatic ring is 1. The minimum atomic E-state index is -0.482. The van der Waals surface area contributed by atoms with Gasteiger partial charge < -0.3 is 10.5 Å². The van der Waals surface area contributed by atoms with Gasteiger partial charge in [-0.05, 0) is 24.6 Å². The Labute approximate surface area is 125 Å². The molecule has 108 valence electrons. The topological polar surface area (TPSA) is 53.1 Å². The molecule has 2 N–H and O–H groups in total. The van der Waals surface area contributed by atoms with E-state index >= 15 is 0 Å². The molecule has 2 aromatic carbocycles. The summed E-state index contributed by atoms with van der Waals surface area (Å²) in [4.78, 5) is 4.18. The first-order chi connectivity index (χ1) is 10.0. The lowest BCUT2D eigenvalue weighted by atomic mass is 10.2. The van der Waals surface area contributed by atoms with Crippen molar-refractivity contribution >= 4 is 28.6 Å². The summed E-state index contributed by atoms with van der Waals surface area (Å²) in [7, 11) is 1.41. The number of aromatic nitrogens is 2. The van der Waals surface area contributed by atoms with Crippen LogP contribution in [0.2, 0.25) is 5.02 Å². The zero-order chi connectivity index (χ0) is 15.1. The molecule has 0 radical (unpaired) electrons. The molecule has 0 saturated carbocycles. The largest absolute Gasteiger partial charge is 0.494 e. The third-order valence-electron chi connectivity index (χ3n) is 3.30. The van der Waals surface area contributed by atoms with Crippen LogP contribution in [0.15, 0.2) is 30.3 Å². The lowest BCUT2D eigenvalue weighted by Crippen LogP contribution is -2.01. The molecule has 6 heteroatoms. The number of aryl methyl sites for hydroxylation is 1. The second-order valence-corrected chi connectivity index (χ2v) is 5.14. The smallest absolute Gasteiger partial charge is 0.205 e. The molecule has 0 aliphatic heterocycles. The van der Waals surface area contributed by atoms with Crippen LogP contribution in [0, 0.1) is 12.7 Å². The van der Waals surface area contributed by atoms with Crippen molar-refractivity contribution in [3.05, 3.63) is 46.7 Å². The van der Waals surface area contributed by atoms with Crippen molar-refractivity contribution in [2.24, 2.45) is 0 Å². The van der Waals surface area contributed by atoms with Gasteiger partial charge in [-0.25, -0.2) is 9.37 Å². The number of hydrogen-bond donors (Lipinski definition) is 1. The molecule has 3 rings (SSSR count). The van der Waals surface area contributed by atoms with E-state index in [-0.39, 0.29) is 11.7 Å². The average molecular weight is 306 g/mol. The van der Waals surface area contributed by atoms with Gasteiger partial charge in [0.05, 0.1) is 28.9 Å². The van der Waals surface area contributed by atoms with Crippen LogP contribution in [-0.2, 0) is 0 Å². The van der Waals surface area contributed by atoms with E-state index in [1.807, 2.05) is 25.1 Å². The first kappa shape index (κ1) is 13.7. The average Bonchev–Trinajstić information content (AvgIpc) is 2.73. The fourth-order valence-corrected chi connectivity index (χ4v) is 2.62. The van der Waals surface area contributed by atoms with E-state index in [9.17, 15) is 4.39 Å². The number of nitrogens with zero attached hydrogens (tertiary/aromatic N) is 2. The van der Waals surface area contributed by atoms with Gasteiger partial charge in [-0.15, -0.1) is 0 Å². The molecule has 0 spiro atoms. The third-order valence-corrected chi connectivity index (χ3v) is 3.60. The van der Waals surface area contributed by atoms with Gasteiger partial charge in [-0.2, -0.15) is 0 Å². The summed E-state index contributed by atoms with van der Waals surface area (Å²) < 4.78 is 20.4. The van der Waals surface area contributed by atoms with Crippen molar-refractivity contribution in [3.63, 3.8) is 0 Å². The van der Waals surface area contributed by atoms with Crippen LogP contribution < -0.4 is 10.5 Å². The Balaban J connectivity index is 2.33. The number of halogens is 2. The second kappa shape index (κ2) is 4.93. The Kier molecular flexibility index (Phi) is 3.22. The number of hydrogen-bond acceptors (Lipinski definition) is 3. The Morgan fingerprint density at radius 2 is 2.05 bits per heavy atom. The molecule has 0 aliphatic rings. The summed E-state index contributed by atoms with van der Waals surface area (Å²) in [5.74, 6) is -0.111. The fourth-order valence-electron chi connectivity index (χ4n) is 2.30. The third kappa shape index (κ3) is 2.19. The zero-order valence-electron chi connectivity index (χ0n) is 11.5. The summed E-state index contributed by atoms with van der Waals surface area (Å²) in [6.07, 6.45) is 0. The number of nitrogens with two attached hydrogens (primary N) is 1. The summed E-state index contributed by atoms with van der Waals surface area (Å²) in [5.41, 5.74) is 8.77. The maximum absolute atomic E-state index is 13.8. The molecule has 1 aromatic heterocycles. The van der Waals surface area contributed by atoms with Crippen molar-refractivity contribution in [1.82, 2.24) is 9.55 Å². The van der Waals surface area contributed by atoms with E-state index < -0.39 is 5.82 Å². The first-order valence-corrected chi connectivity index (χ1v) is 6.67. The number of benzene rings is 2. The van der Waals surface area contributed by atoms with E-state index in [2.05, 4.69) is 4.98 Å². The normalized spacial score (nSPS) is 11.0. The molecule has 0 saturated heterocycles. The molecule has 0 aliphatic carbocycles. The summed E-state index contributed by atoms with van der Waals surface area (Å²) in [5, 5.41) is 0.546. The molecule has 3 aromatic rings. The SMILES string of the molecule is COc1cc2c(cc1F)nc(N)n2-c1ccc(C)cc1Cl. The van der Waals surface area contributed by atoms with E-state index in [0.717, 1.165) is 5.56 Å². The molecular formula is C15H13ClFN3O. The molecule has 0 fully saturated rings. The van der Waals surface area contributed by atoms with Gasteiger partial charge in [0, 0.05) is 12.1 Å². The van der Waals surface area contributed by atoms with Crippen LogP contribution in [0.1, 0.15) is 5.56 Å². The van der Waals surface area contributed by atoms with Crippen LogP contribution >= 0.6 is 11.6 Å². The minimum absolute atomic E-state index is 0.131. The van der Waals surface area contributed by atoms with Gasteiger partial charge in [0.25, 0.3) is 0 Å². The van der Waals surface area contributed by atoms with Gasteiger partial charge in [-0.3, -0.25) is 4.57 Å². The number of anilines is 1. The van der Waals surface area contributed by atoms with Crippen LogP contribution in [0.3, 0.4) is 0 Å². The van der Waals surface area contributed by atoms with Gasteiger partial charge >= 0.3 is 0 Å². The second-order valence-electron chi connectivity index (χ2n) is 4.74. The fraction of sp³-hybridized carbons (Fsp3) is 0.133. The molecule has 21 heavy (non-hydrogen) atoms. The number of rotatable bonds is 2. The number of methoxy groups -OCH3 is 1. The Morgan fingerprint density at radius 1 is 1.29 bits per heavy atom. The quantitative estimate of drug-likeness (QED) is 0.785. The Morgan fingerprint density at radius 3 is 2.71 bits per heavy atom. The molecule has 1 heterocycles. The van der Waals surface area contributed by atoms with Crippen LogP contribution in [-0.4, -0.2) is 16.7 Å². The number of ether oxygens (including phenoxy) is 1. The molecule has 0 amide bonds. The number of imidazole rings is 1. The molecule has 0 atom stereocenters. The lowest BCUT2D eigenvalue weighted by Gasteiger charge is -2.10. The monoisotopic (exact) mass is 305 g/mol. The highest BCUT2D eigenvalue weighted by Crippen LogP contribution is 2.31. The predicted octanol–water partition coefficient (Wildman–Crippen LogP) is 3.72. The van der Waals surface area contributed by atoms with E-state index in [1.165, 1.54) is 13.2 Å². The maximum atomic E-state index is 13.8. The summed E-state index contributed by atoms with van der Waals surface area (Å²) >= 11 is 6.29. The highest BCUT2D eigenvalue weighted by molar-refractivity contribution is 6.32. The molecule has 4 nitrogen and oxygen atoms in total. The van der Waals surface area contributed by atoms with Crippen molar-refractivity contribution in [1.29, 1.82) is 0 Å². The van der Waals surface area contributed by atoms with E-state index in [0.29, 0.717) is 21.7 Å². The van der Waals surface area contributed by atoms with Gasteiger partial charge in [0.1, 0.15) is 0 Å². The van der Waals surface area contributed by atoms with Gasteiger partial charge in [0.2, 0.25) is 5.95 Å². The van der Waals surface area contributed by atoms with E-state index in [4.69, 9.17) is 22.1 Å². The van der Waals surface area contributed by atoms with Crippen molar-refractivity contribution in [2.45, 2.75) is 6.92 Å². The van der Waals surface area contributed by atoms with E-state index in [1.54, 1.807) is 10.6 Å². The van der Waals surface area contributed by atoms with Crippen molar-refractivity contribution in [2.75, 3.05) is 12.8 Å². The summed E-state index contributed by atoms with van der Waals surface area (Å²) in [6, 6.07) is 8.47. The lowest BCUT2D eigenvalue weighted by molar-refractivity contribution is 0.387. The standard InChI is InChI=1S/C15H13ClFN3O/c1-8-3-4-12(9(16)5-8)20-13-7-14(21-2)10(17)6-11(13)19-15(20)18/h3-7H,1-2H3,(H2,18,19). The minimum Gasteiger partial charge on any atom is -0.494 e. The molecular weight excluding hydrogens is 293 g/mol. The molecule has 0 bridgehead atoms. The predicted molar refractivity (Wildman–Crippen MR) is 81.7 cm³/mol. The zero-order valence-corrected chi connectivity index (χ0v) is 12.3. The van der Waals surface area contributed by atoms with Gasteiger partial charge in [0.15, 0.2) is 11.6 Å². The Hall–Kier alpha value is -2.27. The highest BCUT2D eigenvalue weighted by atomic mass is 35.5. The van der Waals surface area contributed by atoms with Crippen LogP contribution in [0.5, 0.6) is 5.75 Å². The highest BCUT2D eigenvalue weighted by Gasteiger charge is 2.16. The Bertz CT molecular complexity index is 845. The first-order valence-electron chi connectivity index (χ1n) is 6.29.